The third-order valence-corrected chi connectivity index (χ3v) is 4.64. The van der Waals surface area contributed by atoms with Crippen LogP contribution in [0.15, 0.2) is 60.2 Å². The molecule has 0 aliphatic rings. The molecule has 2 atom stereocenters. The Balaban J connectivity index is 2.52. The SMILES string of the molecule is CC(=Cc1ccccc1)C(O)(c1cccc(Cl)c1)C(C)CN(C)C. The minimum absolute atomic E-state index is 0.00549. The van der Waals surface area contributed by atoms with Crippen LogP contribution >= 0.6 is 11.6 Å². The molecule has 0 aliphatic carbocycles. The zero-order valence-corrected chi connectivity index (χ0v) is 15.6. The van der Waals surface area contributed by atoms with E-state index in [1.807, 2.05) is 81.7 Å². The van der Waals surface area contributed by atoms with E-state index >= 15 is 0 Å². The van der Waals surface area contributed by atoms with Crippen LogP contribution in [0.1, 0.15) is 25.0 Å². The highest BCUT2D eigenvalue weighted by Gasteiger charge is 2.37. The third-order valence-electron chi connectivity index (χ3n) is 4.40. The lowest BCUT2D eigenvalue weighted by Crippen LogP contribution is -2.40. The maximum absolute atomic E-state index is 11.7. The second-order valence-corrected chi connectivity index (χ2v) is 7.11. The van der Waals surface area contributed by atoms with Crippen molar-refractivity contribution in [3.8, 4) is 0 Å². The molecule has 2 unspecified atom stereocenters. The zero-order valence-electron chi connectivity index (χ0n) is 14.8. The molecule has 2 rings (SSSR count). The first kappa shape index (κ1) is 18.7. The van der Waals surface area contributed by atoms with Crippen LogP contribution in [0.25, 0.3) is 6.08 Å². The fourth-order valence-corrected chi connectivity index (χ4v) is 3.41. The van der Waals surface area contributed by atoms with E-state index in [4.69, 9.17) is 11.6 Å². The van der Waals surface area contributed by atoms with Gasteiger partial charge in [-0.25, -0.2) is 0 Å². The average molecular weight is 344 g/mol. The minimum Gasteiger partial charge on any atom is -0.380 e. The van der Waals surface area contributed by atoms with Crippen LogP contribution in [-0.4, -0.2) is 30.6 Å². The van der Waals surface area contributed by atoms with Crippen LogP contribution in [0.5, 0.6) is 0 Å². The summed E-state index contributed by atoms with van der Waals surface area (Å²) in [6, 6.07) is 17.6. The molecule has 0 heterocycles. The summed E-state index contributed by atoms with van der Waals surface area (Å²) in [4.78, 5) is 2.09. The van der Waals surface area contributed by atoms with E-state index in [1.54, 1.807) is 0 Å². The molecular formula is C21H26ClNO. The molecule has 0 saturated heterocycles. The zero-order chi connectivity index (χ0) is 17.7. The number of rotatable bonds is 6. The third kappa shape index (κ3) is 4.27. The van der Waals surface area contributed by atoms with E-state index in [1.165, 1.54) is 0 Å². The van der Waals surface area contributed by atoms with E-state index in [0.29, 0.717) is 5.02 Å². The van der Waals surface area contributed by atoms with E-state index in [-0.39, 0.29) is 5.92 Å². The maximum Gasteiger partial charge on any atom is 0.114 e. The Bertz CT molecular complexity index is 696. The van der Waals surface area contributed by atoms with Gasteiger partial charge in [-0.2, -0.15) is 0 Å². The number of aliphatic hydroxyl groups is 1. The predicted octanol–water partition coefficient (Wildman–Crippen LogP) is 4.83. The van der Waals surface area contributed by atoms with Gasteiger partial charge >= 0.3 is 0 Å². The Morgan fingerprint density at radius 3 is 2.42 bits per heavy atom. The Labute approximate surface area is 150 Å². The number of halogens is 1. The first-order chi connectivity index (χ1) is 11.3. The lowest BCUT2D eigenvalue weighted by molar-refractivity contribution is 0.0105. The summed E-state index contributed by atoms with van der Waals surface area (Å²) < 4.78 is 0. The van der Waals surface area contributed by atoms with E-state index < -0.39 is 5.60 Å². The first-order valence-corrected chi connectivity index (χ1v) is 8.58. The molecule has 1 N–H and O–H groups in total. The van der Waals surface area contributed by atoms with E-state index in [9.17, 15) is 5.11 Å². The summed E-state index contributed by atoms with van der Waals surface area (Å²) in [6.45, 7) is 4.83. The largest absolute Gasteiger partial charge is 0.380 e. The smallest absolute Gasteiger partial charge is 0.114 e. The summed E-state index contributed by atoms with van der Waals surface area (Å²) in [5, 5.41) is 12.3. The average Bonchev–Trinajstić information content (AvgIpc) is 2.54. The molecule has 2 nitrogen and oxygen atoms in total. The van der Waals surface area contributed by atoms with Crippen LogP contribution < -0.4 is 0 Å². The fourth-order valence-electron chi connectivity index (χ4n) is 3.22. The monoisotopic (exact) mass is 343 g/mol. The van der Waals surface area contributed by atoms with Crippen LogP contribution in [-0.2, 0) is 5.60 Å². The molecule has 0 radical (unpaired) electrons. The van der Waals surface area contributed by atoms with Gasteiger partial charge in [0.2, 0.25) is 0 Å². The topological polar surface area (TPSA) is 23.5 Å². The summed E-state index contributed by atoms with van der Waals surface area (Å²) in [5.41, 5.74) is 1.73. The Kier molecular flexibility index (Phi) is 6.22. The van der Waals surface area contributed by atoms with E-state index in [2.05, 4.69) is 11.8 Å². The van der Waals surface area contributed by atoms with E-state index in [0.717, 1.165) is 23.2 Å². The van der Waals surface area contributed by atoms with Crippen LogP contribution in [0.3, 0.4) is 0 Å². The van der Waals surface area contributed by atoms with Crippen molar-refractivity contribution < 1.29 is 5.11 Å². The summed E-state index contributed by atoms with van der Waals surface area (Å²) in [5.74, 6) is 0.00549. The predicted molar refractivity (Wildman–Crippen MR) is 103 cm³/mol. The normalized spacial score (nSPS) is 16.0. The van der Waals surface area contributed by atoms with Gasteiger partial charge < -0.3 is 10.0 Å². The molecule has 2 aromatic carbocycles. The summed E-state index contributed by atoms with van der Waals surface area (Å²) in [7, 11) is 4.04. The quantitative estimate of drug-likeness (QED) is 0.812. The molecule has 0 aliphatic heterocycles. The van der Waals surface area contributed by atoms with Crippen molar-refractivity contribution in [2.75, 3.05) is 20.6 Å². The second-order valence-electron chi connectivity index (χ2n) is 6.68. The Morgan fingerprint density at radius 1 is 1.17 bits per heavy atom. The van der Waals surface area contributed by atoms with Gasteiger partial charge in [0.05, 0.1) is 0 Å². The number of benzene rings is 2. The molecule has 0 amide bonds. The fraction of sp³-hybridized carbons (Fsp3) is 0.333. The first-order valence-electron chi connectivity index (χ1n) is 8.21. The Hall–Kier alpha value is -1.61. The van der Waals surface area contributed by atoms with Crippen LogP contribution in [0.2, 0.25) is 5.02 Å². The van der Waals surface area contributed by atoms with Crippen molar-refractivity contribution >= 4 is 17.7 Å². The van der Waals surface area contributed by atoms with Crippen molar-refractivity contribution in [1.29, 1.82) is 0 Å². The lowest BCUT2D eigenvalue weighted by Gasteiger charge is -2.37. The molecule has 0 aromatic heterocycles. The van der Waals surface area contributed by atoms with Crippen molar-refractivity contribution in [2.45, 2.75) is 19.4 Å². The molecule has 0 saturated carbocycles. The number of hydrogen-bond acceptors (Lipinski definition) is 2. The highest BCUT2D eigenvalue weighted by molar-refractivity contribution is 6.30. The van der Waals surface area contributed by atoms with Crippen molar-refractivity contribution in [3.63, 3.8) is 0 Å². The van der Waals surface area contributed by atoms with Gasteiger partial charge in [-0.3, -0.25) is 0 Å². The molecule has 128 valence electrons. The second kappa shape index (κ2) is 7.98. The summed E-state index contributed by atoms with van der Waals surface area (Å²) in [6.07, 6.45) is 2.05. The molecule has 0 spiro atoms. The molecule has 2 aromatic rings. The van der Waals surface area contributed by atoms with Gasteiger partial charge in [-0.05, 0) is 49.9 Å². The number of hydrogen-bond donors (Lipinski definition) is 1. The van der Waals surface area contributed by atoms with Crippen LogP contribution in [0.4, 0.5) is 0 Å². The Morgan fingerprint density at radius 2 is 1.83 bits per heavy atom. The molecule has 0 fully saturated rings. The van der Waals surface area contributed by atoms with Gasteiger partial charge in [-0.1, -0.05) is 67.1 Å². The lowest BCUT2D eigenvalue weighted by atomic mass is 9.76. The molecule has 24 heavy (non-hydrogen) atoms. The highest BCUT2D eigenvalue weighted by atomic mass is 35.5. The van der Waals surface area contributed by atoms with Crippen molar-refractivity contribution in [1.82, 2.24) is 4.90 Å². The standard InChI is InChI=1S/C21H26ClNO/c1-16(13-18-9-6-5-7-10-18)21(24,17(2)15-23(3)4)19-11-8-12-20(22)14-19/h5-14,17,24H,15H2,1-4H3. The van der Waals surface area contributed by atoms with Crippen LogP contribution in [0, 0.1) is 5.92 Å². The van der Waals surface area contributed by atoms with Gasteiger partial charge in [0.1, 0.15) is 5.60 Å². The summed E-state index contributed by atoms with van der Waals surface area (Å²) >= 11 is 6.19. The highest BCUT2D eigenvalue weighted by Crippen LogP contribution is 2.38. The van der Waals surface area contributed by atoms with Crippen molar-refractivity contribution in [2.24, 2.45) is 5.92 Å². The van der Waals surface area contributed by atoms with Gasteiger partial charge in [0, 0.05) is 17.5 Å². The molecule has 0 bridgehead atoms. The minimum atomic E-state index is -1.08. The maximum atomic E-state index is 11.7. The number of nitrogens with zero attached hydrogens (tertiary/aromatic N) is 1. The van der Waals surface area contributed by atoms with Gasteiger partial charge in [-0.15, -0.1) is 0 Å². The van der Waals surface area contributed by atoms with Gasteiger partial charge in [0.25, 0.3) is 0 Å². The van der Waals surface area contributed by atoms with Crippen molar-refractivity contribution in [3.05, 3.63) is 76.3 Å². The molecular weight excluding hydrogens is 318 g/mol. The molecule has 3 heteroatoms. The van der Waals surface area contributed by atoms with Gasteiger partial charge in [0.15, 0.2) is 0 Å².